The highest BCUT2D eigenvalue weighted by atomic mass is 35.5. The van der Waals surface area contributed by atoms with Gasteiger partial charge in [0.15, 0.2) is 16.9 Å². The molecule has 2 aromatic carbocycles. The molecule has 0 saturated carbocycles. The smallest absolute Gasteiger partial charge is 0.296 e. The molecule has 2 aromatic heterocycles. The highest BCUT2D eigenvalue weighted by Gasteiger charge is 2.44. The number of carbonyl (C=O) groups is 1. The van der Waals surface area contributed by atoms with E-state index in [1.165, 1.54) is 25.3 Å². The standard InChI is InChI=1S/C24H17ClN2O5/c1-30-17-9-7-13(11-18(17)31-2)21-20-22(28)15-5-3-4-6-16(15)32-23(20)24(29)27(21)19-10-8-14(25)12-26-19/h3-12,21H,1-2H3. The van der Waals surface area contributed by atoms with Gasteiger partial charge in [-0.25, -0.2) is 4.98 Å². The number of anilines is 1. The van der Waals surface area contributed by atoms with Gasteiger partial charge in [0.1, 0.15) is 11.4 Å². The number of hydrogen-bond donors (Lipinski definition) is 0. The van der Waals surface area contributed by atoms with Crippen molar-refractivity contribution in [3.63, 3.8) is 0 Å². The molecule has 0 spiro atoms. The summed E-state index contributed by atoms with van der Waals surface area (Å²) < 4.78 is 16.7. The molecule has 0 N–H and O–H groups in total. The van der Waals surface area contributed by atoms with Crippen molar-refractivity contribution in [1.29, 1.82) is 0 Å². The van der Waals surface area contributed by atoms with Crippen LogP contribution in [0.3, 0.4) is 0 Å². The lowest BCUT2D eigenvalue weighted by Crippen LogP contribution is -2.30. The number of pyridine rings is 1. The van der Waals surface area contributed by atoms with Crippen LogP contribution in [0.2, 0.25) is 5.02 Å². The molecule has 0 aliphatic carbocycles. The second-order valence-electron chi connectivity index (χ2n) is 7.20. The first-order valence-corrected chi connectivity index (χ1v) is 10.1. The summed E-state index contributed by atoms with van der Waals surface area (Å²) in [5.41, 5.74) is 0.972. The molecule has 32 heavy (non-hydrogen) atoms. The Hall–Kier alpha value is -3.84. The zero-order valence-electron chi connectivity index (χ0n) is 17.2. The molecule has 1 aliphatic rings. The van der Waals surface area contributed by atoms with Crippen LogP contribution in [0.25, 0.3) is 11.0 Å². The largest absolute Gasteiger partial charge is 0.493 e. The summed E-state index contributed by atoms with van der Waals surface area (Å²) in [5, 5.41) is 0.830. The Bertz CT molecular complexity index is 1410. The van der Waals surface area contributed by atoms with E-state index in [9.17, 15) is 9.59 Å². The summed E-state index contributed by atoms with van der Waals surface area (Å²) in [5.74, 6) is 0.874. The van der Waals surface area contributed by atoms with Crippen molar-refractivity contribution in [3.05, 3.63) is 92.9 Å². The van der Waals surface area contributed by atoms with Crippen molar-refractivity contribution in [2.45, 2.75) is 6.04 Å². The zero-order chi connectivity index (χ0) is 22.4. The number of ether oxygens (including phenoxy) is 2. The van der Waals surface area contributed by atoms with E-state index >= 15 is 0 Å². The number of benzene rings is 2. The van der Waals surface area contributed by atoms with E-state index in [-0.39, 0.29) is 16.8 Å². The fourth-order valence-electron chi connectivity index (χ4n) is 4.00. The number of amides is 1. The molecule has 1 atom stereocenters. The Morgan fingerprint density at radius 1 is 1.00 bits per heavy atom. The highest BCUT2D eigenvalue weighted by Crippen LogP contribution is 2.42. The van der Waals surface area contributed by atoms with Crippen LogP contribution in [0.4, 0.5) is 5.82 Å². The van der Waals surface area contributed by atoms with Gasteiger partial charge in [0, 0.05) is 6.20 Å². The Labute approximate surface area is 187 Å². The number of nitrogens with zero attached hydrogens (tertiary/aromatic N) is 2. The van der Waals surface area contributed by atoms with Gasteiger partial charge in [-0.05, 0) is 42.0 Å². The summed E-state index contributed by atoms with van der Waals surface area (Å²) >= 11 is 6.00. The van der Waals surface area contributed by atoms with Crippen molar-refractivity contribution in [3.8, 4) is 11.5 Å². The number of fused-ring (bicyclic) bond motifs is 2. The highest BCUT2D eigenvalue weighted by molar-refractivity contribution is 6.30. The second kappa shape index (κ2) is 7.69. The van der Waals surface area contributed by atoms with Gasteiger partial charge in [0.05, 0.1) is 36.2 Å². The molecule has 5 rings (SSSR count). The number of hydrogen-bond acceptors (Lipinski definition) is 6. The van der Waals surface area contributed by atoms with E-state index < -0.39 is 11.9 Å². The van der Waals surface area contributed by atoms with Crippen LogP contribution in [0.1, 0.15) is 27.7 Å². The molecule has 1 unspecified atom stereocenters. The fraction of sp³-hybridized carbons (Fsp3) is 0.125. The minimum Gasteiger partial charge on any atom is -0.493 e. The van der Waals surface area contributed by atoms with Gasteiger partial charge in [-0.3, -0.25) is 14.5 Å². The van der Waals surface area contributed by atoms with Crippen molar-refractivity contribution >= 4 is 34.3 Å². The first-order chi connectivity index (χ1) is 15.5. The monoisotopic (exact) mass is 448 g/mol. The molecule has 160 valence electrons. The van der Waals surface area contributed by atoms with Crippen LogP contribution in [-0.4, -0.2) is 25.1 Å². The summed E-state index contributed by atoms with van der Waals surface area (Å²) in [6.45, 7) is 0. The Balaban J connectivity index is 1.80. The summed E-state index contributed by atoms with van der Waals surface area (Å²) in [6, 6.07) is 14.6. The maximum atomic E-state index is 13.5. The number of carbonyl (C=O) groups excluding carboxylic acids is 1. The Morgan fingerprint density at radius 3 is 2.50 bits per heavy atom. The quantitative estimate of drug-likeness (QED) is 0.453. The van der Waals surface area contributed by atoms with Crippen molar-refractivity contribution in [2.75, 3.05) is 19.1 Å². The predicted molar refractivity (Wildman–Crippen MR) is 120 cm³/mol. The van der Waals surface area contributed by atoms with Crippen molar-refractivity contribution < 1.29 is 18.7 Å². The van der Waals surface area contributed by atoms with E-state index in [1.807, 2.05) is 0 Å². The first-order valence-electron chi connectivity index (χ1n) is 9.76. The molecular formula is C24H17ClN2O5. The molecule has 0 bridgehead atoms. The zero-order valence-corrected chi connectivity index (χ0v) is 17.9. The topological polar surface area (TPSA) is 81.9 Å². The van der Waals surface area contributed by atoms with Gasteiger partial charge in [-0.1, -0.05) is 29.8 Å². The first kappa shape index (κ1) is 20.1. The molecule has 8 heteroatoms. The molecule has 1 amide bonds. The lowest BCUT2D eigenvalue weighted by atomic mass is 9.98. The van der Waals surface area contributed by atoms with Crippen molar-refractivity contribution in [2.24, 2.45) is 0 Å². The maximum Gasteiger partial charge on any atom is 0.296 e. The van der Waals surface area contributed by atoms with Crippen LogP contribution >= 0.6 is 11.6 Å². The summed E-state index contributed by atoms with van der Waals surface area (Å²) in [4.78, 5) is 32.8. The van der Waals surface area contributed by atoms with E-state index in [2.05, 4.69) is 4.98 Å². The van der Waals surface area contributed by atoms with E-state index in [1.54, 1.807) is 54.6 Å². The maximum absolute atomic E-state index is 13.5. The number of aromatic nitrogens is 1. The van der Waals surface area contributed by atoms with Gasteiger partial charge in [0.25, 0.3) is 5.91 Å². The van der Waals surface area contributed by atoms with Gasteiger partial charge in [0.2, 0.25) is 5.76 Å². The van der Waals surface area contributed by atoms with Crippen LogP contribution < -0.4 is 19.8 Å². The molecule has 1 aliphatic heterocycles. The van der Waals surface area contributed by atoms with E-state index in [0.717, 1.165) is 0 Å². The number of rotatable bonds is 4. The minimum absolute atomic E-state index is 0.00904. The molecule has 3 heterocycles. The third-order valence-electron chi connectivity index (χ3n) is 5.46. The number of methoxy groups -OCH3 is 2. The minimum atomic E-state index is -0.771. The van der Waals surface area contributed by atoms with Crippen LogP contribution in [0, 0.1) is 0 Å². The third-order valence-corrected chi connectivity index (χ3v) is 5.68. The number of para-hydroxylation sites is 1. The lowest BCUT2D eigenvalue weighted by molar-refractivity contribution is 0.0970. The SMILES string of the molecule is COc1ccc(C2c3c(oc4ccccc4c3=O)C(=O)N2c2ccc(Cl)cn2)cc1OC. The molecule has 7 nitrogen and oxygen atoms in total. The summed E-state index contributed by atoms with van der Waals surface area (Å²) in [7, 11) is 3.06. The predicted octanol–water partition coefficient (Wildman–Crippen LogP) is 4.61. The molecule has 0 saturated heterocycles. The van der Waals surface area contributed by atoms with Gasteiger partial charge in [-0.2, -0.15) is 0 Å². The second-order valence-corrected chi connectivity index (χ2v) is 7.63. The van der Waals surface area contributed by atoms with Gasteiger partial charge >= 0.3 is 0 Å². The Morgan fingerprint density at radius 2 is 1.78 bits per heavy atom. The number of halogens is 1. The average molecular weight is 449 g/mol. The molecule has 4 aromatic rings. The normalized spacial score (nSPS) is 15.2. The van der Waals surface area contributed by atoms with Crippen LogP contribution in [0.15, 0.2) is 70.0 Å². The molecular weight excluding hydrogens is 432 g/mol. The molecule has 0 fully saturated rings. The van der Waals surface area contributed by atoms with Crippen LogP contribution in [0.5, 0.6) is 11.5 Å². The Kier molecular flexibility index (Phi) is 4.83. The third kappa shape index (κ3) is 3.01. The van der Waals surface area contributed by atoms with Gasteiger partial charge < -0.3 is 13.9 Å². The van der Waals surface area contributed by atoms with E-state index in [4.69, 9.17) is 25.5 Å². The average Bonchev–Trinajstić information content (AvgIpc) is 3.12. The lowest BCUT2D eigenvalue weighted by Gasteiger charge is -2.24. The summed E-state index contributed by atoms with van der Waals surface area (Å²) in [6.07, 6.45) is 1.45. The van der Waals surface area contributed by atoms with E-state index in [0.29, 0.717) is 38.9 Å². The molecule has 0 radical (unpaired) electrons. The van der Waals surface area contributed by atoms with Gasteiger partial charge in [-0.15, -0.1) is 0 Å². The van der Waals surface area contributed by atoms with Crippen molar-refractivity contribution in [1.82, 2.24) is 4.98 Å². The fourth-order valence-corrected chi connectivity index (χ4v) is 4.12. The van der Waals surface area contributed by atoms with Crippen LogP contribution in [-0.2, 0) is 0 Å².